The third-order valence-corrected chi connectivity index (χ3v) is 5.50. The zero-order valence-corrected chi connectivity index (χ0v) is 17.3. The number of piperazine rings is 1. The highest BCUT2D eigenvalue weighted by Gasteiger charge is 2.35. The number of hydrogen-bond donors (Lipinski definition) is 1. The van der Waals surface area contributed by atoms with E-state index in [9.17, 15) is 22.8 Å². The lowest BCUT2D eigenvalue weighted by Gasteiger charge is -2.35. The summed E-state index contributed by atoms with van der Waals surface area (Å²) >= 11 is 6.09. The average Bonchev–Trinajstić information content (AvgIpc) is 3.15. The molecule has 0 aliphatic carbocycles. The fraction of sp³-hybridized carbons (Fsp3) is 0.579. The zero-order valence-electron chi connectivity index (χ0n) is 16.5. The molecule has 2 aliphatic rings. The number of benzene rings is 1. The Balaban J connectivity index is 1.49. The Morgan fingerprint density at radius 1 is 1.17 bits per heavy atom. The van der Waals surface area contributed by atoms with Crippen LogP contribution >= 0.6 is 11.6 Å². The highest BCUT2D eigenvalue weighted by atomic mass is 35.5. The van der Waals surface area contributed by atoms with Gasteiger partial charge in [0.25, 0.3) is 0 Å². The van der Waals surface area contributed by atoms with Gasteiger partial charge < -0.3 is 24.8 Å². The maximum atomic E-state index is 12.5. The Morgan fingerprint density at radius 2 is 1.83 bits per heavy atom. The Labute approximate surface area is 177 Å². The second-order valence-corrected chi connectivity index (χ2v) is 7.79. The molecule has 2 aliphatic heterocycles. The molecule has 11 heteroatoms. The topological polar surface area (TPSA) is 65.1 Å². The van der Waals surface area contributed by atoms with Gasteiger partial charge in [0, 0.05) is 50.3 Å². The number of methoxy groups -OCH3 is 1. The van der Waals surface area contributed by atoms with Gasteiger partial charge in [-0.05, 0) is 24.6 Å². The molecule has 1 unspecified atom stereocenters. The first kappa shape index (κ1) is 22.3. The van der Waals surface area contributed by atoms with Crippen molar-refractivity contribution in [2.24, 2.45) is 0 Å². The first-order valence-corrected chi connectivity index (χ1v) is 10.0. The van der Waals surface area contributed by atoms with Crippen molar-refractivity contribution in [3.05, 3.63) is 23.2 Å². The number of nitrogens with zero attached hydrogens (tertiary/aromatic N) is 3. The normalized spacial score (nSPS) is 19.8. The lowest BCUT2D eigenvalue weighted by Crippen LogP contribution is -2.55. The maximum absolute atomic E-state index is 12.5. The molecule has 30 heavy (non-hydrogen) atoms. The number of anilines is 1. The number of alkyl halides is 3. The third kappa shape index (κ3) is 5.62. The molecule has 2 heterocycles. The summed E-state index contributed by atoms with van der Waals surface area (Å²) in [7, 11) is 1.58. The number of nitrogens with one attached hydrogen (secondary N) is 1. The van der Waals surface area contributed by atoms with E-state index in [1.54, 1.807) is 19.2 Å². The molecule has 166 valence electrons. The summed E-state index contributed by atoms with van der Waals surface area (Å²) in [4.78, 5) is 29.0. The summed E-state index contributed by atoms with van der Waals surface area (Å²) < 4.78 is 42.5. The zero-order chi connectivity index (χ0) is 21.9. The van der Waals surface area contributed by atoms with Crippen molar-refractivity contribution in [1.29, 1.82) is 0 Å². The summed E-state index contributed by atoms with van der Waals surface area (Å²) in [5, 5.41) is 3.56. The van der Waals surface area contributed by atoms with Gasteiger partial charge in [0.05, 0.1) is 12.8 Å². The van der Waals surface area contributed by atoms with Crippen molar-refractivity contribution < 1.29 is 27.5 Å². The van der Waals surface area contributed by atoms with E-state index in [2.05, 4.69) is 10.2 Å². The van der Waals surface area contributed by atoms with E-state index in [4.69, 9.17) is 16.3 Å². The third-order valence-electron chi connectivity index (χ3n) is 5.27. The van der Waals surface area contributed by atoms with E-state index < -0.39 is 18.5 Å². The van der Waals surface area contributed by atoms with Gasteiger partial charge in [-0.1, -0.05) is 11.6 Å². The number of amides is 3. The van der Waals surface area contributed by atoms with Gasteiger partial charge in [-0.25, -0.2) is 4.79 Å². The predicted octanol–water partition coefficient (Wildman–Crippen LogP) is 2.73. The van der Waals surface area contributed by atoms with Gasteiger partial charge in [-0.15, -0.1) is 0 Å². The van der Waals surface area contributed by atoms with Crippen LogP contribution in [0, 0.1) is 0 Å². The lowest BCUT2D eigenvalue weighted by molar-refractivity contribution is -0.162. The molecule has 3 rings (SSSR count). The van der Waals surface area contributed by atoms with Crippen LogP contribution in [0.2, 0.25) is 5.02 Å². The minimum absolute atomic E-state index is 0.0777. The molecule has 0 spiro atoms. The Hall–Kier alpha value is -2.36. The van der Waals surface area contributed by atoms with E-state index >= 15 is 0 Å². The summed E-state index contributed by atoms with van der Waals surface area (Å²) in [6, 6.07) is 5.01. The van der Waals surface area contributed by atoms with Crippen molar-refractivity contribution in [2.75, 3.05) is 51.3 Å². The van der Waals surface area contributed by atoms with Crippen molar-refractivity contribution in [3.8, 4) is 5.75 Å². The predicted molar refractivity (Wildman–Crippen MR) is 106 cm³/mol. The molecule has 2 fully saturated rings. The number of halogens is 4. The van der Waals surface area contributed by atoms with Crippen LogP contribution in [0.1, 0.15) is 12.8 Å². The number of ether oxygens (including phenoxy) is 1. The van der Waals surface area contributed by atoms with Crippen LogP contribution in [0.5, 0.6) is 5.75 Å². The summed E-state index contributed by atoms with van der Waals surface area (Å²) in [5.74, 6) is -0.254. The van der Waals surface area contributed by atoms with E-state index in [1.807, 2.05) is 6.07 Å². The molecule has 0 bridgehead atoms. The quantitative estimate of drug-likeness (QED) is 0.769. The van der Waals surface area contributed by atoms with Crippen molar-refractivity contribution in [3.63, 3.8) is 0 Å². The first-order chi connectivity index (χ1) is 14.2. The minimum Gasteiger partial charge on any atom is -0.495 e. The Kier molecular flexibility index (Phi) is 6.84. The minimum atomic E-state index is -4.52. The van der Waals surface area contributed by atoms with Crippen LogP contribution in [-0.4, -0.2) is 80.3 Å². The largest absolute Gasteiger partial charge is 0.495 e. The van der Waals surface area contributed by atoms with E-state index in [0.717, 1.165) is 23.6 Å². The molecule has 7 nitrogen and oxygen atoms in total. The number of rotatable bonds is 4. The van der Waals surface area contributed by atoms with Crippen LogP contribution in [0.3, 0.4) is 0 Å². The molecule has 0 aromatic heterocycles. The van der Waals surface area contributed by atoms with Crippen LogP contribution in [0.25, 0.3) is 0 Å². The number of carbonyl (C=O) groups is 2. The first-order valence-electron chi connectivity index (χ1n) is 9.65. The molecular weight excluding hydrogens is 425 g/mol. The SMILES string of the molecule is COc1ccc(Cl)cc1N1CCC(NC(=O)N2CCN(C(=O)CC(F)(F)F)CC2)C1. The molecule has 1 aromatic rings. The van der Waals surface area contributed by atoms with Gasteiger partial charge in [-0.2, -0.15) is 13.2 Å². The molecule has 1 N–H and O–H groups in total. The van der Waals surface area contributed by atoms with Crippen LogP contribution in [0.15, 0.2) is 18.2 Å². The number of carbonyl (C=O) groups excluding carboxylic acids is 2. The highest BCUT2D eigenvalue weighted by molar-refractivity contribution is 6.30. The van der Waals surface area contributed by atoms with Gasteiger partial charge in [0.2, 0.25) is 5.91 Å². The molecular formula is C19H24ClF3N4O3. The fourth-order valence-corrected chi connectivity index (χ4v) is 3.88. The van der Waals surface area contributed by atoms with Crippen LogP contribution in [0.4, 0.5) is 23.7 Å². The lowest BCUT2D eigenvalue weighted by atomic mass is 10.2. The van der Waals surface area contributed by atoms with Crippen LogP contribution in [-0.2, 0) is 4.79 Å². The van der Waals surface area contributed by atoms with Crippen molar-refractivity contribution in [1.82, 2.24) is 15.1 Å². The average molecular weight is 449 g/mol. The van der Waals surface area contributed by atoms with E-state index in [-0.39, 0.29) is 38.3 Å². The number of urea groups is 1. The maximum Gasteiger partial charge on any atom is 0.397 e. The monoisotopic (exact) mass is 448 g/mol. The van der Waals surface area contributed by atoms with Crippen LogP contribution < -0.4 is 15.0 Å². The second-order valence-electron chi connectivity index (χ2n) is 7.36. The molecule has 3 amide bonds. The van der Waals surface area contributed by atoms with E-state index in [0.29, 0.717) is 17.3 Å². The smallest absolute Gasteiger partial charge is 0.397 e. The Morgan fingerprint density at radius 3 is 2.47 bits per heavy atom. The Bertz CT molecular complexity index is 785. The molecule has 1 atom stereocenters. The number of hydrogen-bond acceptors (Lipinski definition) is 4. The molecule has 0 saturated carbocycles. The van der Waals surface area contributed by atoms with Gasteiger partial charge >= 0.3 is 12.2 Å². The second kappa shape index (κ2) is 9.20. The highest BCUT2D eigenvalue weighted by Crippen LogP contribution is 2.33. The standard InChI is InChI=1S/C19H24ClF3N4O3/c1-30-16-3-2-13(20)10-15(16)27-5-4-14(12-27)24-18(29)26-8-6-25(7-9-26)17(28)11-19(21,22)23/h2-3,10,14H,4-9,11-12H2,1H3,(H,24,29). The molecule has 2 saturated heterocycles. The molecule has 0 radical (unpaired) electrons. The fourth-order valence-electron chi connectivity index (χ4n) is 3.72. The summed E-state index contributed by atoms with van der Waals surface area (Å²) in [6.07, 6.45) is -5.25. The summed E-state index contributed by atoms with van der Waals surface area (Å²) in [6.45, 7) is 1.91. The van der Waals surface area contributed by atoms with Gasteiger partial charge in [-0.3, -0.25) is 4.79 Å². The van der Waals surface area contributed by atoms with E-state index in [1.165, 1.54) is 4.90 Å². The summed E-state index contributed by atoms with van der Waals surface area (Å²) in [5.41, 5.74) is 0.860. The molecule has 1 aromatic carbocycles. The van der Waals surface area contributed by atoms with Crippen molar-refractivity contribution >= 4 is 29.2 Å². The van der Waals surface area contributed by atoms with Gasteiger partial charge in [0.15, 0.2) is 0 Å². The van der Waals surface area contributed by atoms with Crippen molar-refractivity contribution in [2.45, 2.75) is 25.1 Å². The van der Waals surface area contributed by atoms with Gasteiger partial charge in [0.1, 0.15) is 12.2 Å².